The Morgan fingerprint density at radius 1 is 1.38 bits per heavy atom. The number of carbonyl (C=O) groups is 1. The molecule has 2 rings (SSSR count). The van der Waals surface area contributed by atoms with Crippen LogP contribution in [0.5, 0.6) is 0 Å². The highest BCUT2D eigenvalue weighted by molar-refractivity contribution is 5.94. The van der Waals surface area contributed by atoms with Crippen molar-refractivity contribution in [2.75, 3.05) is 0 Å². The third-order valence-electron chi connectivity index (χ3n) is 2.07. The number of hydrogen-bond donors (Lipinski definition) is 1. The number of aromatic carboxylic acids is 1. The summed E-state index contributed by atoms with van der Waals surface area (Å²) < 4.78 is 24.9. The van der Waals surface area contributed by atoms with Crippen molar-refractivity contribution in [2.24, 2.45) is 0 Å². The minimum absolute atomic E-state index is 0.292. The molecule has 16 heavy (non-hydrogen) atoms. The van der Waals surface area contributed by atoms with Crippen molar-refractivity contribution < 1.29 is 23.5 Å². The van der Waals surface area contributed by atoms with Gasteiger partial charge >= 0.3 is 12.6 Å². The molecule has 1 heterocycles. The van der Waals surface area contributed by atoms with Crippen LogP contribution in [0.1, 0.15) is 10.5 Å². The zero-order valence-corrected chi connectivity index (χ0v) is 7.93. The number of carboxylic acid groups (broad SMARTS) is 1. The van der Waals surface area contributed by atoms with Crippen LogP contribution in [0.25, 0.3) is 10.9 Å². The van der Waals surface area contributed by atoms with Crippen LogP contribution in [-0.4, -0.2) is 22.4 Å². The number of fused-ring (bicyclic) bond motifs is 1. The zero-order chi connectivity index (χ0) is 11.7. The molecular weight excluding hydrogens is 220 g/mol. The first-order valence-corrected chi connectivity index (χ1v) is 4.38. The van der Waals surface area contributed by atoms with Gasteiger partial charge in [0.15, 0.2) is 5.69 Å². The van der Waals surface area contributed by atoms with Gasteiger partial charge in [0.2, 0.25) is 0 Å². The van der Waals surface area contributed by atoms with E-state index in [2.05, 4.69) is 4.84 Å². The maximum atomic E-state index is 12.1. The highest BCUT2D eigenvalue weighted by Gasteiger charge is 2.18. The van der Waals surface area contributed by atoms with Gasteiger partial charge in [-0.25, -0.2) is 4.79 Å². The molecule has 0 amide bonds. The molecule has 2 aromatic rings. The molecule has 6 heteroatoms. The quantitative estimate of drug-likeness (QED) is 0.872. The molecule has 0 saturated heterocycles. The second-order valence-electron chi connectivity index (χ2n) is 3.05. The summed E-state index contributed by atoms with van der Waals surface area (Å²) in [7, 11) is 0. The Morgan fingerprint density at radius 2 is 2.06 bits per heavy atom. The third kappa shape index (κ3) is 1.69. The van der Waals surface area contributed by atoms with Crippen LogP contribution in [0.4, 0.5) is 8.78 Å². The lowest BCUT2D eigenvalue weighted by molar-refractivity contribution is -0.129. The number of aromatic nitrogens is 1. The van der Waals surface area contributed by atoms with Crippen molar-refractivity contribution in [2.45, 2.75) is 6.61 Å². The summed E-state index contributed by atoms with van der Waals surface area (Å²) in [4.78, 5) is 15.0. The van der Waals surface area contributed by atoms with Crippen LogP contribution < -0.4 is 4.84 Å². The fourth-order valence-electron chi connectivity index (χ4n) is 1.47. The summed E-state index contributed by atoms with van der Waals surface area (Å²) in [5.74, 6) is -1.32. The van der Waals surface area contributed by atoms with Gasteiger partial charge in [0, 0.05) is 5.39 Å². The molecule has 0 spiro atoms. The van der Waals surface area contributed by atoms with Crippen molar-refractivity contribution in [3.8, 4) is 0 Å². The number of hydrogen-bond acceptors (Lipinski definition) is 2. The summed E-state index contributed by atoms with van der Waals surface area (Å²) in [6.45, 7) is -3.08. The second-order valence-corrected chi connectivity index (χ2v) is 3.05. The predicted octanol–water partition coefficient (Wildman–Crippen LogP) is 1.99. The monoisotopic (exact) mass is 227 g/mol. The van der Waals surface area contributed by atoms with Crippen molar-refractivity contribution in [1.29, 1.82) is 0 Å². The Morgan fingerprint density at radius 3 is 2.69 bits per heavy atom. The average molecular weight is 227 g/mol. The maximum Gasteiger partial charge on any atom is 0.405 e. The molecule has 0 saturated carbocycles. The minimum atomic E-state index is -3.08. The van der Waals surface area contributed by atoms with E-state index >= 15 is 0 Å². The third-order valence-corrected chi connectivity index (χ3v) is 2.07. The Kier molecular flexibility index (Phi) is 2.47. The molecule has 0 fully saturated rings. The second kappa shape index (κ2) is 3.80. The van der Waals surface area contributed by atoms with Crippen molar-refractivity contribution >= 4 is 16.9 Å². The molecular formula is C10H7F2NO3. The van der Waals surface area contributed by atoms with Gasteiger partial charge in [0.05, 0.1) is 5.52 Å². The van der Waals surface area contributed by atoms with Crippen LogP contribution in [0.15, 0.2) is 30.3 Å². The molecule has 0 aliphatic rings. The smallest absolute Gasteiger partial charge is 0.405 e. The van der Waals surface area contributed by atoms with E-state index in [-0.39, 0.29) is 5.69 Å². The van der Waals surface area contributed by atoms with Gasteiger partial charge in [-0.05, 0) is 12.1 Å². The van der Waals surface area contributed by atoms with Crippen LogP contribution in [0.2, 0.25) is 0 Å². The molecule has 0 bridgehead atoms. The number of rotatable bonds is 3. The number of para-hydroxylation sites is 1. The minimum Gasteiger partial charge on any atom is -0.476 e. The summed E-state index contributed by atoms with van der Waals surface area (Å²) in [5.41, 5.74) is -0.0401. The van der Waals surface area contributed by atoms with Gasteiger partial charge in [0.1, 0.15) is 0 Å². The van der Waals surface area contributed by atoms with E-state index in [4.69, 9.17) is 5.11 Å². The summed E-state index contributed by atoms with van der Waals surface area (Å²) in [6.07, 6.45) is 0. The molecule has 0 aliphatic heterocycles. The van der Waals surface area contributed by atoms with Gasteiger partial charge in [-0.3, -0.25) is 0 Å². The summed E-state index contributed by atoms with van der Waals surface area (Å²) in [6, 6.07) is 7.69. The van der Waals surface area contributed by atoms with Crippen LogP contribution in [0, 0.1) is 0 Å². The Bertz CT molecular complexity index is 536. The SMILES string of the molecule is O=C(O)c1cc2ccccc2n1OC(F)F. The maximum absolute atomic E-state index is 12.1. The molecule has 0 unspecified atom stereocenters. The largest absolute Gasteiger partial charge is 0.476 e. The topological polar surface area (TPSA) is 51.5 Å². The highest BCUT2D eigenvalue weighted by Crippen LogP contribution is 2.19. The number of halogens is 2. The average Bonchev–Trinajstić information content (AvgIpc) is 2.57. The van der Waals surface area contributed by atoms with Crippen LogP contribution in [0.3, 0.4) is 0 Å². The zero-order valence-electron chi connectivity index (χ0n) is 7.93. The molecule has 84 valence electrons. The van der Waals surface area contributed by atoms with E-state index in [0.29, 0.717) is 15.6 Å². The van der Waals surface area contributed by atoms with Crippen molar-refractivity contribution in [3.63, 3.8) is 0 Å². The Hall–Kier alpha value is -2.11. The Labute approximate surface area is 88.6 Å². The van der Waals surface area contributed by atoms with Gasteiger partial charge in [-0.1, -0.05) is 18.2 Å². The summed E-state index contributed by atoms with van der Waals surface area (Å²) in [5, 5.41) is 9.36. The summed E-state index contributed by atoms with van der Waals surface area (Å²) >= 11 is 0. The number of benzene rings is 1. The molecule has 4 nitrogen and oxygen atoms in total. The number of carboxylic acids is 1. The first-order chi connectivity index (χ1) is 7.59. The Balaban J connectivity index is 2.64. The normalized spacial score (nSPS) is 10.9. The van der Waals surface area contributed by atoms with Gasteiger partial charge in [-0.2, -0.15) is 13.5 Å². The van der Waals surface area contributed by atoms with Crippen molar-refractivity contribution in [1.82, 2.24) is 4.73 Å². The van der Waals surface area contributed by atoms with Gasteiger partial charge in [0.25, 0.3) is 0 Å². The highest BCUT2D eigenvalue weighted by atomic mass is 19.3. The molecule has 1 N–H and O–H groups in total. The number of nitrogens with zero attached hydrogens (tertiary/aromatic N) is 1. The molecule has 1 aromatic carbocycles. The molecule has 1 aromatic heterocycles. The lowest BCUT2D eigenvalue weighted by Gasteiger charge is -2.08. The van der Waals surface area contributed by atoms with Crippen molar-refractivity contribution in [3.05, 3.63) is 36.0 Å². The lowest BCUT2D eigenvalue weighted by Crippen LogP contribution is -2.21. The predicted molar refractivity (Wildman–Crippen MR) is 51.5 cm³/mol. The lowest BCUT2D eigenvalue weighted by atomic mass is 10.2. The van der Waals surface area contributed by atoms with E-state index in [1.807, 2.05) is 0 Å². The molecule has 0 atom stereocenters. The van der Waals surface area contributed by atoms with E-state index in [1.165, 1.54) is 12.1 Å². The van der Waals surface area contributed by atoms with E-state index in [0.717, 1.165) is 0 Å². The fraction of sp³-hybridized carbons (Fsp3) is 0.100. The van der Waals surface area contributed by atoms with Gasteiger partial charge in [-0.15, -0.1) is 0 Å². The first kappa shape index (κ1) is 10.4. The molecule has 0 radical (unpaired) electrons. The first-order valence-electron chi connectivity index (χ1n) is 4.38. The van der Waals surface area contributed by atoms with Crippen LogP contribution >= 0.6 is 0 Å². The molecule has 0 aliphatic carbocycles. The standard InChI is InChI=1S/C10H7F2NO3/c11-10(12)16-13-7-4-2-1-3-6(7)5-8(13)9(14)15/h1-5,10H,(H,14,15). The van der Waals surface area contributed by atoms with E-state index in [1.54, 1.807) is 18.2 Å². The van der Waals surface area contributed by atoms with Crippen LogP contribution in [-0.2, 0) is 0 Å². The van der Waals surface area contributed by atoms with E-state index < -0.39 is 12.6 Å². The van der Waals surface area contributed by atoms with E-state index in [9.17, 15) is 13.6 Å². The fourth-order valence-corrected chi connectivity index (χ4v) is 1.47. The number of alkyl halides is 2. The van der Waals surface area contributed by atoms with Gasteiger partial charge < -0.3 is 9.94 Å².